The summed E-state index contributed by atoms with van der Waals surface area (Å²) in [5.41, 5.74) is 3.09. The number of rotatable bonds is 5. The summed E-state index contributed by atoms with van der Waals surface area (Å²) in [4.78, 5) is 0. The Bertz CT molecular complexity index is 551. The number of halogens is 2. The zero-order valence-electron chi connectivity index (χ0n) is 11.2. The van der Waals surface area contributed by atoms with Crippen LogP contribution in [0.25, 0.3) is 0 Å². The average Bonchev–Trinajstić information content (AvgIpc) is 2.76. The Morgan fingerprint density at radius 2 is 2.16 bits per heavy atom. The predicted molar refractivity (Wildman–Crippen MR) is 76.2 cm³/mol. The number of hydrogen-bond acceptors (Lipinski definition) is 1. The maximum absolute atomic E-state index is 13.3. The van der Waals surface area contributed by atoms with E-state index in [4.69, 9.17) is 11.6 Å². The van der Waals surface area contributed by atoms with E-state index in [0.717, 1.165) is 29.9 Å². The molecule has 0 aliphatic carbocycles. The van der Waals surface area contributed by atoms with Crippen molar-refractivity contribution in [2.45, 2.75) is 32.7 Å². The van der Waals surface area contributed by atoms with Gasteiger partial charge in [0.2, 0.25) is 0 Å². The molecule has 4 heteroatoms. The van der Waals surface area contributed by atoms with Gasteiger partial charge in [-0.15, -0.1) is 11.6 Å². The fourth-order valence-corrected chi connectivity index (χ4v) is 2.60. The molecule has 0 bridgehead atoms. The Morgan fingerprint density at radius 3 is 2.79 bits per heavy atom. The Labute approximate surface area is 118 Å². The average molecular weight is 281 g/mol. The molecule has 2 aromatic rings. The molecule has 0 aliphatic rings. The lowest BCUT2D eigenvalue weighted by Gasteiger charge is -2.15. The second-order valence-electron chi connectivity index (χ2n) is 4.70. The van der Waals surface area contributed by atoms with Crippen LogP contribution in [0.1, 0.15) is 29.8 Å². The van der Waals surface area contributed by atoms with E-state index in [1.807, 2.05) is 17.7 Å². The highest BCUT2D eigenvalue weighted by atomic mass is 35.5. The first-order chi connectivity index (χ1) is 9.13. The Kier molecular flexibility index (Phi) is 4.59. The van der Waals surface area contributed by atoms with Gasteiger partial charge in [-0.2, -0.15) is 5.10 Å². The number of hydrogen-bond donors (Lipinski definition) is 0. The molecule has 1 heterocycles. The second-order valence-corrected chi connectivity index (χ2v) is 5.01. The Hall–Kier alpha value is -1.35. The molecule has 1 atom stereocenters. The highest BCUT2D eigenvalue weighted by Gasteiger charge is 2.15. The summed E-state index contributed by atoms with van der Waals surface area (Å²) in [7, 11) is 0. The monoisotopic (exact) mass is 280 g/mol. The standard InChI is InChI=1S/C15H18ClFN2/c1-3-19-15(7-11(2)18-19)9-13(10-16)12-5-4-6-14(17)8-12/h4-8,13H,3,9-10H2,1-2H3. The number of alkyl halides is 1. The summed E-state index contributed by atoms with van der Waals surface area (Å²) >= 11 is 6.05. The zero-order valence-corrected chi connectivity index (χ0v) is 12.0. The minimum Gasteiger partial charge on any atom is -0.270 e. The van der Waals surface area contributed by atoms with E-state index < -0.39 is 0 Å². The third-order valence-corrected chi connectivity index (χ3v) is 3.62. The van der Waals surface area contributed by atoms with Crippen LogP contribution in [0.2, 0.25) is 0 Å². The zero-order chi connectivity index (χ0) is 13.8. The molecule has 0 N–H and O–H groups in total. The van der Waals surface area contributed by atoms with Crippen molar-refractivity contribution in [3.8, 4) is 0 Å². The largest absolute Gasteiger partial charge is 0.270 e. The van der Waals surface area contributed by atoms with Crippen molar-refractivity contribution in [1.82, 2.24) is 9.78 Å². The molecular formula is C15H18ClFN2. The highest BCUT2D eigenvalue weighted by Crippen LogP contribution is 2.23. The van der Waals surface area contributed by atoms with E-state index in [2.05, 4.69) is 18.1 Å². The van der Waals surface area contributed by atoms with Crippen LogP contribution < -0.4 is 0 Å². The quantitative estimate of drug-likeness (QED) is 0.759. The summed E-state index contributed by atoms with van der Waals surface area (Å²) < 4.78 is 15.3. The molecule has 0 saturated heterocycles. The first-order valence-electron chi connectivity index (χ1n) is 6.48. The molecule has 1 unspecified atom stereocenters. The van der Waals surface area contributed by atoms with Gasteiger partial charge in [0, 0.05) is 24.0 Å². The molecule has 0 aliphatic heterocycles. The van der Waals surface area contributed by atoms with Gasteiger partial charge in [-0.05, 0) is 44.0 Å². The molecule has 0 radical (unpaired) electrons. The summed E-state index contributed by atoms with van der Waals surface area (Å²) in [6, 6.07) is 8.74. The highest BCUT2D eigenvalue weighted by molar-refractivity contribution is 6.18. The van der Waals surface area contributed by atoms with Crippen molar-refractivity contribution in [2.24, 2.45) is 0 Å². The molecule has 1 aromatic heterocycles. The SMILES string of the molecule is CCn1nc(C)cc1CC(CCl)c1cccc(F)c1. The van der Waals surface area contributed by atoms with Crippen LogP contribution in [0.3, 0.4) is 0 Å². The van der Waals surface area contributed by atoms with Crippen LogP contribution in [0, 0.1) is 12.7 Å². The molecule has 0 fully saturated rings. The number of benzene rings is 1. The van der Waals surface area contributed by atoms with Crippen LogP contribution in [-0.2, 0) is 13.0 Å². The molecule has 1 aromatic carbocycles. The van der Waals surface area contributed by atoms with E-state index >= 15 is 0 Å². The van der Waals surface area contributed by atoms with E-state index in [1.54, 1.807) is 12.1 Å². The van der Waals surface area contributed by atoms with Gasteiger partial charge in [0.1, 0.15) is 5.82 Å². The van der Waals surface area contributed by atoms with Gasteiger partial charge >= 0.3 is 0 Å². The Morgan fingerprint density at radius 1 is 1.37 bits per heavy atom. The van der Waals surface area contributed by atoms with Crippen molar-refractivity contribution in [3.63, 3.8) is 0 Å². The van der Waals surface area contributed by atoms with E-state index in [-0.39, 0.29) is 11.7 Å². The normalized spacial score (nSPS) is 12.6. The summed E-state index contributed by atoms with van der Waals surface area (Å²) in [5, 5.41) is 4.43. The molecule has 102 valence electrons. The van der Waals surface area contributed by atoms with Crippen molar-refractivity contribution >= 4 is 11.6 Å². The first-order valence-corrected chi connectivity index (χ1v) is 7.02. The predicted octanol–water partition coefficient (Wildman–Crippen LogP) is 3.92. The van der Waals surface area contributed by atoms with Crippen LogP contribution in [0.5, 0.6) is 0 Å². The Balaban J connectivity index is 2.23. The van der Waals surface area contributed by atoms with Gasteiger partial charge in [-0.1, -0.05) is 12.1 Å². The molecule has 0 amide bonds. The summed E-state index contributed by atoms with van der Waals surface area (Å²) in [6.45, 7) is 4.88. The third kappa shape index (κ3) is 3.35. The minimum atomic E-state index is -0.215. The van der Waals surface area contributed by atoms with Crippen LogP contribution in [-0.4, -0.2) is 15.7 Å². The minimum absolute atomic E-state index is 0.110. The fraction of sp³-hybridized carbons (Fsp3) is 0.400. The number of aromatic nitrogens is 2. The van der Waals surface area contributed by atoms with Crippen molar-refractivity contribution in [3.05, 3.63) is 53.1 Å². The first kappa shape index (κ1) is 14.1. The van der Waals surface area contributed by atoms with Crippen LogP contribution in [0.4, 0.5) is 4.39 Å². The van der Waals surface area contributed by atoms with E-state index in [1.165, 1.54) is 6.07 Å². The van der Waals surface area contributed by atoms with Gasteiger partial charge in [0.15, 0.2) is 0 Å². The lowest BCUT2D eigenvalue weighted by Crippen LogP contribution is -2.10. The maximum Gasteiger partial charge on any atom is 0.123 e. The molecule has 2 rings (SSSR count). The number of aryl methyl sites for hydroxylation is 2. The fourth-order valence-electron chi connectivity index (χ4n) is 2.31. The molecule has 2 nitrogen and oxygen atoms in total. The van der Waals surface area contributed by atoms with E-state index in [0.29, 0.717) is 5.88 Å². The second kappa shape index (κ2) is 6.20. The van der Waals surface area contributed by atoms with Crippen LogP contribution in [0.15, 0.2) is 30.3 Å². The van der Waals surface area contributed by atoms with Gasteiger partial charge in [-0.25, -0.2) is 4.39 Å². The molecule has 0 saturated carbocycles. The summed E-state index contributed by atoms with van der Waals surface area (Å²) in [5.74, 6) is 0.365. The van der Waals surface area contributed by atoms with Gasteiger partial charge in [-0.3, -0.25) is 4.68 Å². The van der Waals surface area contributed by atoms with Gasteiger partial charge in [0.05, 0.1) is 5.69 Å². The topological polar surface area (TPSA) is 17.8 Å². The lowest BCUT2D eigenvalue weighted by atomic mass is 9.96. The lowest BCUT2D eigenvalue weighted by molar-refractivity contribution is 0.591. The maximum atomic E-state index is 13.3. The third-order valence-electron chi connectivity index (χ3n) is 3.25. The molecular weight excluding hydrogens is 263 g/mol. The summed E-state index contributed by atoms with van der Waals surface area (Å²) in [6.07, 6.45) is 0.779. The van der Waals surface area contributed by atoms with Crippen molar-refractivity contribution in [1.29, 1.82) is 0 Å². The smallest absolute Gasteiger partial charge is 0.123 e. The van der Waals surface area contributed by atoms with Crippen molar-refractivity contribution < 1.29 is 4.39 Å². The van der Waals surface area contributed by atoms with Gasteiger partial charge in [0.25, 0.3) is 0 Å². The van der Waals surface area contributed by atoms with Crippen LogP contribution >= 0.6 is 11.6 Å². The van der Waals surface area contributed by atoms with E-state index in [9.17, 15) is 4.39 Å². The van der Waals surface area contributed by atoms with Gasteiger partial charge < -0.3 is 0 Å². The molecule has 19 heavy (non-hydrogen) atoms. The molecule has 0 spiro atoms. The van der Waals surface area contributed by atoms with Crippen molar-refractivity contribution in [2.75, 3.05) is 5.88 Å². The number of nitrogens with zero attached hydrogens (tertiary/aromatic N) is 2.